The van der Waals surface area contributed by atoms with Crippen molar-refractivity contribution >= 4 is 17.5 Å². The van der Waals surface area contributed by atoms with Crippen LogP contribution >= 0.6 is 11.6 Å². The van der Waals surface area contributed by atoms with Crippen LogP contribution in [0.4, 0.5) is 0 Å². The SMILES string of the molecule is COc1cc(CNC(=O)c2cc(Cl)c3c(c2)OCO3)cc(OC)c1OC. The van der Waals surface area contributed by atoms with Gasteiger partial charge in [-0.1, -0.05) is 11.6 Å². The monoisotopic (exact) mass is 379 g/mol. The lowest BCUT2D eigenvalue weighted by Gasteiger charge is -2.14. The Hall–Kier alpha value is -2.80. The van der Waals surface area contributed by atoms with E-state index in [1.807, 2.05) is 0 Å². The highest BCUT2D eigenvalue weighted by Crippen LogP contribution is 2.40. The minimum absolute atomic E-state index is 0.0889. The molecule has 2 aromatic carbocycles. The molecule has 0 saturated heterocycles. The Morgan fingerprint density at radius 1 is 1.08 bits per heavy atom. The fourth-order valence-electron chi connectivity index (χ4n) is 2.62. The number of amides is 1. The first-order chi connectivity index (χ1) is 12.6. The highest BCUT2D eigenvalue weighted by molar-refractivity contribution is 6.32. The average molecular weight is 380 g/mol. The summed E-state index contributed by atoms with van der Waals surface area (Å²) in [6.07, 6.45) is 0. The van der Waals surface area contributed by atoms with Crippen LogP contribution in [0.25, 0.3) is 0 Å². The molecule has 0 bridgehead atoms. The standard InChI is InChI=1S/C18H18ClNO6/c1-22-13-4-10(5-14(23-2)17(13)24-3)8-20-18(21)11-6-12(19)16-15(7-11)25-9-26-16/h4-7H,8-9H2,1-3H3,(H,20,21). The Balaban J connectivity index is 1.77. The molecule has 0 radical (unpaired) electrons. The maximum atomic E-state index is 12.4. The van der Waals surface area contributed by atoms with Gasteiger partial charge in [-0.25, -0.2) is 0 Å². The largest absolute Gasteiger partial charge is 0.493 e. The zero-order valence-corrected chi connectivity index (χ0v) is 15.3. The van der Waals surface area contributed by atoms with E-state index in [4.69, 9.17) is 35.3 Å². The van der Waals surface area contributed by atoms with Gasteiger partial charge in [-0.2, -0.15) is 0 Å². The lowest BCUT2D eigenvalue weighted by Crippen LogP contribution is -2.22. The van der Waals surface area contributed by atoms with Crippen molar-refractivity contribution in [2.75, 3.05) is 28.1 Å². The molecule has 1 amide bonds. The fraction of sp³-hybridized carbons (Fsp3) is 0.278. The predicted octanol–water partition coefficient (Wildman–Crippen LogP) is 3.02. The fourth-order valence-corrected chi connectivity index (χ4v) is 2.89. The number of hydrogen-bond acceptors (Lipinski definition) is 6. The summed E-state index contributed by atoms with van der Waals surface area (Å²) in [5.74, 6) is 2.14. The number of hydrogen-bond donors (Lipinski definition) is 1. The van der Waals surface area contributed by atoms with E-state index in [0.717, 1.165) is 5.56 Å². The highest BCUT2D eigenvalue weighted by atomic mass is 35.5. The first kappa shape index (κ1) is 18.0. The van der Waals surface area contributed by atoms with Crippen LogP contribution in [0.5, 0.6) is 28.7 Å². The summed E-state index contributed by atoms with van der Waals surface area (Å²) in [5.41, 5.74) is 1.17. The molecule has 0 atom stereocenters. The van der Waals surface area contributed by atoms with Crippen molar-refractivity contribution in [2.24, 2.45) is 0 Å². The summed E-state index contributed by atoms with van der Waals surface area (Å²) < 4.78 is 26.4. The molecular formula is C18H18ClNO6. The molecule has 0 fully saturated rings. The smallest absolute Gasteiger partial charge is 0.251 e. The molecule has 1 N–H and O–H groups in total. The van der Waals surface area contributed by atoms with Gasteiger partial charge in [0.25, 0.3) is 5.91 Å². The van der Waals surface area contributed by atoms with Gasteiger partial charge < -0.3 is 29.0 Å². The summed E-state index contributed by atoms with van der Waals surface area (Å²) >= 11 is 6.12. The summed E-state index contributed by atoms with van der Waals surface area (Å²) in [6.45, 7) is 0.354. The summed E-state index contributed by atoms with van der Waals surface area (Å²) in [7, 11) is 4.60. The van der Waals surface area contributed by atoms with Crippen molar-refractivity contribution in [2.45, 2.75) is 6.54 Å². The second kappa shape index (κ2) is 7.61. The molecule has 138 valence electrons. The number of nitrogens with one attached hydrogen (secondary N) is 1. The number of benzene rings is 2. The minimum Gasteiger partial charge on any atom is -0.493 e. The molecule has 0 spiro atoms. The van der Waals surface area contributed by atoms with Gasteiger partial charge in [0, 0.05) is 12.1 Å². The Morgan fingerprint density at radius 3 is 2.38 bits per heavy atom. The van der Waals surface area contributed by atoms with Crippen LogP contribution < -0.4 is 29.0 Å². The number of carbonyl (C=O) groups excluding carboxylic acids is 1. The number of rotatable bonds is 6. The van der Waals surface area contributed by atoms with Gasteiger partial charge in [0.05, 0.1) is 26.4 Å². The number of methoxy groups -OCH3 is 3. The van der Waals surface area contributed by atoms with E-state index in [0.29, 0.717) is 39.3 Å². The van der Waals surface area contributed by atoms with Gasteiger partial charge in [0.2, 0.25) is 12.5 Å². The number of halogens is 1. The van der Waals surface area contributed by atoms with Crippen molar-refractivity contribution in [1.29, 1.82) is 0 Å². The highest BCUT2D eigenvalue weighted by Gasteiger charge is 2.21. The first-order valence-corrected chi connectivity index (χ1v) is 8.11. The Kier molecular flexibility index (Phi) is 5.27. The van der Waals surface area contributed by atoms with Crippen LogP contribution in [-0.2, 0) is 6.54 Å². The zero-order chi connectivity index (χ0) is 18.7. The van der Waals surface area contributed by atoms with Gasteiger partial charge in [0.1, 0.15) is 0 Å². The van der Waals surface area contributed by atoms with E-state index in [1.165, 1.54) is 21.3 Å². The molecule has 0 aliphatic carbocycles. The Morgan fingerprint density at radius 2 is 1.77 bits per heavy atom. The second-order valence-corrected chi connectivity index (χ2v) is 5.82. The molecule has 1 aliphatic heterocycles. The van der Waals surface area contributed by atoms with Gasteiger partial charge >= 0.3 is 0 Å². The quantitative estimate of drug-likeness (QED) is 0.831. The van der Waals surface area contributed by atoms with Crippen LogP contribution in [0, 0.1) is 0 Å². The topological polar surface area (TPSA) is 75.3 Å². The van der Waals surface area contributed by atoms with Crippen molar-refractivity contribution in [1.82, 2.24) is 5.32 Å². The van der Waals surface area contributed by atoms with Gasteiger partial charge in [-0.3, -0.25) is 4.79 Å². The van der Waals surface area contributed by atoms with E-state index < -0.39 is 0 Å². The van der Waals surface area contributed by atoms with Crippen molar-refractivity contribution in [3.63, 3.8) is 0 Å². The first-order valence-electron chi connectivity index (χ1n) is 7.73. The molecule has 0 saturated carbocycles. The number of ether oxygens (including phenoxy) is 5. The van der Waals surface area contributed by atoms with Crippen molar-refractivity contribution < 1.29 is 28.5 Å². The lowest BCUT2D eigenvalue weighted by molar-refractivity contribution is 0.0950. The molecule has 0 unspecified atom stereocenters. The summed E-state index contributed by atoms with van der Waals surface area (Å²) in [4.78, 5) is 12.4. The number of fused-ring (bicyclic) bond motifs is 1. The van der Waals surface area contributed by atoms with Crippen LogP contribution in [0.2, 0.25) is 5.02 Å². The maximum absolute atomic E-state index is 12.4. The summed E-state index contributed by atoms with van der Waals surface area (Å²) in [6, 6.07) is 6.68. The molecule has 2 aromatic rings. The third kappa shape index (κ3) is 3.43. The normalized spacial score (nSPS) is 11.8. The Bertz CT molecular complexity index is 814. The van der Waals surface area contributed by atoms with Crippen molar-refractivity contribution in [3.05, 3.63) is 40.4 Å². The van der Waals surface area contributed by atoms with Gasteiger partial charge in [-0.05, 0) is 29.8 Å². The lowest BCUT2D eigenvalue weighted by atomic mass is 10.1. The molecular weight excluding hydrogens is 362 g/mol. The van der Waals surface area contributed by atoms with E-state index >= 15 is 0 Å². The second-order valence-electron chi connectivity index (χ2n) is 5.41. The van der Waals surface area contributed by atoms with Crippen LogP contribution in [0.3, 0.4) is 0 Å². The number of carbonyl (C=O) groups is 1. The van der Waals surface area contributed by atoms with Crippen LogP contribution in [0.1, 0.15) is 15.9 Å². The van der Waals surface area contributed by atoms with Gasteiger partial charge in [0.15, 0.2) is 23.0 Å². The molecule has 3 rings (SSSR count). The molecule has 7 nitrogen and oxygen atoms in total. The van der Waals surface area contributed by atoms with E-state index in [-0.39, 0.29) is 19.2 Å². The molecule has 26 heavy (non-hydrogen) atoms. The van der Waals surface area contributed by atoms with Crippen molar-refractivity contribution in [3.8, 4) is 28.7 Å². The molecule has 1 heterocycles. The van der Waals surface area contributed by atoms with Gasteiger partial charge in [-0.15, -0.1) is 0 Å². The van der Waals surface area contributed by atoms with E-state index in [2.05, 4.69) is 5.32 Å². The predicted molar refractivity (Wildman–Crippen MR) is 94.8 cm³/mol. The van der Waals surface area contributed by atoms with E-state index in [1.54, 1.807) is 24.3 Å². The van der Waals surface area contributed by atoms with Crippen LogP contribution in [0.15, 0.2) is 24.3 Å². The van der Waals surface area contributed by atoms with E-state index in [9.17, 15) is 4.79 Å². The third-order valence-corrected chi connectivity index (χ3v) is 4.15. The molecule has 1 aliphatic rings. The molecule has 8 heteroatoms. The van der Waals surface area contributed by atoms with Crippen LogP contribution in [-0.4, -0.2) is 34.0 Å². The minimum atomic E-state index is -0.293. The third-order valence-electron chi connectivity index (χ3n) is 3.87. The summed E-state index contributed by atoms with van der Waals surface area (Å²) in [5, 5.41) is 3.16. The maximum Gasteiger partial charge on any atom is 0.251 e. The molecule has 0 aromatic heterocycles. The average Bonchev–Trinajstić information content (AvgIpc) is 3.14. The Labute approximate surface area is 155 Å². The zero-order valence-electron chi connectivity index (χ0n) is 14.6.